The van der Waals surface area contributed by atoms with Gasteiger partial charge in [0, 0.05) is 50.7 Å². The molecule has 5 fully saturated rings. The third-order valence-corrected chi connectivity index (χ3v) is 13.8. The molecule has 3 saturated carbocycles. The molecule has 5 atom stereocenters. The number of hydrogen-bond acceptors (Lipinski definition) is 7. The largest absolute Gasteiger partial charge is 0.363 e. The Kier molecular flexibility index (Phi) is 10.5. The predicted molar refractivity (Wildman–Crippen MR) is 193 cm³/mol. The van der Waals surface area contributed by atoms with Crippen LogP contribution in [-0.4, -0.2) is 115 Å². The first-order valence-electron chi connectivity index (χ1n) is 19.1. The summed E-state index contributed by atoms with van der Waals surface area (Å²) in [7, 11) is 2.12. The molecule has 2 heterocycles. The minimum absolute atomic E-state index is 0.0627. The summed E-state index contributed by atoms with van der Waals surface area (Å²) in [6.45, 7) is 21.6. The molecule has 2 aliphatic heterocycles. The fourth-order valence-electron chi connectivity index (χ4n) is 9.77. The van der Waals surface area contributed by atoms with Gasteiger partial charge in [0.1, 0.15) is 12.1 Å². The van der Waals surface area contributed by atoms with E-state index in [4.69, 9.17) is 5.73 Å². The van der Waals surface area contributed by atoms with Crippen molar-refractivity contribution >= 4 is 29.5 Å². The van der Waals surface area contributed by atoms with Gasteiger partial charge in [0.2, 0.25) is 17.6 Å². The molecule has 0 radical (unpaired) electrons. The number of nitrogens with zero attached hydrogens (tertiary/aromatic N) is 3. The summed E-state index contributed by atoms with van der Waals surface area (Å²) >= 11 is 0. The average molecular weight is 700 g/mol. The van der Waals surface area contributed by atoms with Gasteiger partial charge in [0.05, 0.1) is 6.04 Å². The third-order valence-electron chi connectivity index (χ3n) is 13.8. The Morgan fingerprint density at radius 2 is 1.46 bits per heavy atom. The topological polar surface area (TPSA) is 157 Å². The smallest absolute Gasteiger partial charge is 0.315 e. The van der Waals surface area contributed by atoms with Crippen LogP contribution in [0.2, 0.25) is 0 Å². The number of urea groups is 1. The second-order valence-electron chi connectivity index (χ2n) is 19.1. The lowest BCUT2D eigenvalue weighted by atomic mass is 9.73. The molecule has 0 bridgehead atoms. The van der Waals surface area contributed by atoms with Crippen LogP contribution in [0.25, 0.3) is 0 Å². The lowest BCUT2D eigenvalue weighted by molar-refractivity contribution is -0.143. The Morgan fingerprint density at radius 3 is 1.92 bits per heavy atom. The molecule has 5 amide bonds. The molecule has 2 saturated heterocycles. The van der Waals surface area contributed by atoms with Gasteiger partial charge in [-0.2, -0.15) is 0 Å². The van der Waals surface area contributed by atoms with Crippen LogP contribution in [0.1, 0.15) is 107 Å². The number of hydrogen-bond donors (Lipinski definition) is 4. The molecule has 2 spiro atoms. The van der Waals surface area contributed by atoms with E-state index in [0.29, 0.717) is 25.9 Å². The summed E-state index contributed by atoms with van der Waals surface area (Å²) in [5.41, 5.74) is 4.30. The van der Waals surface area contributed by atoms with Crippen molar-refractivity contribution in [2.75, 3.05) is 46.3 Å². The molecule has 0 aromatic heterocycles. The number of Topliss-reactive ketones (excluding diaryl/α,β-unsaturated/α-hetero) is 1. The third kappa shape index (κ3) is 7.04. The number of carbonyl (C=O) groups is 5. The Bertz CT molecular complexity index is 1340. The summed E-state index contributed by atoms with van der Waals surface area (Å²) in [5.74, 6) is -2.34. The van der Waals surface area contributed by atoms with Crippen molar-refractivity contribution in [1.29, 1.82) is 0 Å². The van der Waals surface area contributed by atoms with E-state index in [1.54, 1.807) is 4.90 Å². The number of primary amides is 1. The van der Waals surface area contributed by atoms with Crippen molar-refractivity contribution in [3.05, 3.63) is 0 Å². The summed E-state index contributed by atoms with van der Waals surface area (Å²) in [6.07, 6.45) is 7.04. The highest BCUT2D eigenvalue weighted by molar-refractivity contribution is 6.37. The van der Waals surface area contributed by atoms with Crippen LogP contribution in [0.15, 0.2) is 0 Å². The van der Waals surface area contributed by atoms with E-state index in [1.165, 1.54) is 0 Å². The van der Waals surface area contributed by atoms with Crippen LogP contribution in [-0.2, 0) is 19.2 Å². The van der Waals surface area contributed by atoms with Crippen LogP contribution < -0.4 is 21.7 Å². The highest BCUT2D eigenvalue weighted by atomic mass is 16.2. The number of nitrogens with one attached hydrogen (secondary N) is 3. The van der Waals surface area contributed by atoms with E-state index in [9.17, 15) is 24.0 Å². The van der Waals surface area contributed by atoms with Gasteiger partial charge >= 0.3 is 6.03 Å². The molecule has 3 aliphatic carbocycles. The number of piperazine rings is 1. The SMILES string of the molecule is CN1CCN(C[C@H](NC(=O)N[C@H](C(=O)N2C[C@]3(C[C@H]2C(=O)NC(CC2CCC2)C(=O)C(N)=O)C(C)(C)C32CCC2)C(C)(C)C)C(C)(C)C)CC1. The van der Waals surface area contributed by atoms with E-state index in [1.807, 2.05) is 20.8 Å². The highest BCUT2D eigenvalue weighted by Crippen LogP contribution is 2.88. The van der Waals surface area contributed by atoms with E-state index in [-0.39, 0.29) is 39.5 Å². The van der Waals surface area contributed by atoms with Crippen molar-refractivity contribution in [3.8, 4) is 0 Å². The molecular weight excluding hydrogens is 634 g/mol. The lowest BCUT2D eigenvalue weighted by Gasteiger charge is -2.40. The van der Waals surface area contributed by atoms with Gasteiger partial charge in [0.15, 0.2) is 0 Å². The van der Waals surface area contributed by atoms with Crippen LogP contribution in [0.4, 0.5) is 4.79 Å². The number of rotatable bonds is 11. The first-order chi connectivity index (χ1) is 23.1. The van der Waals surface area contributed by atoms with Gasteiger partial charge in [0.25, 0.3) is 5.91 Å². The number of amides is 5. The van der Waals surface area contributed by atoms with Gasteiger partial charge in [-0.15, -0.1) is 0 Å². The first-order valence-corrected chi connectivity index (χ1v) is 19.1. The summed E-state index contributed by atoms with van der Waals surface area (Å²) < 4.78 is 0. The number of nitrogens with two attached hydrogens (primary N) is 1. The minimum Gasteiger partial charge on any atom is -0.363 e. The molecule has 12 heteroatoms. The standard InChI is InChI=1S/C38H65N7O5/c1-34(2,3)27(22-44-18-16-43(9)17-19-44)41-33(50)42-29(35(4,5)6)32(49)45-23-38(36(7,8)37(38)14-11-15-37)21-26(45)31(48)40-25(28(46)30(39)47)20-24-12-10-13-24/h24-27,29H,10-23H2,1-9H3,(H2,39,47)(H,40,48)(H2,41,42,50)/t25?,26-,27-,29+,38+/m0/s1. The molecule has 50 heavy (non-hydrogen) atoms. The van der Waals surface area contributed by atoms with Crippen LogP contribution in [0.3, 0.4) is 0 Å². The quantitative estimate of drug-likeness (QED) is 0.242. The fraction of sp³-hybridized carbons (Fsp3) is 0.868. The van der Waals surface area contributed by atoms with Gasteiger partial charge in [-0.25, -0.2) is 4.79 Å². The number of ketones is 1. The normalized spacial score (nSPS) is 28.3. The van der Waals surface area contributed by atoms with Crippen molar-refractivity contribution < 1.29 is 24.0 Å². The van der Waals surface area contributed by atoms with E-state index < -0.39 is 47.2 Å². The van der Waals surface area contributed by atoms with Gasteiger partial charge in [-0.1, -0.05) is 81.1 Å². The molecule has 1 unspecified atom stereocenters. The van der Waals surface area contributed by atoms with Crippen molar-refractivity contribution in [1.82, 2.24) is 30.7 Å². The van der Waals surface area contributed by atoms with E-state index in [2.05, 4.69) is 67.4 Å². The molecule has 12 nitrogen and oxygen atoms in total. The molecular formula is C38H65N7O5. The number of carbonyl (C=O) groups excluding carboxylic acids is 5. The van der Waals surface area contributed by atoms with Crippen LogP contribution in [0.5, 0.6) is 0 Å². The maximum atomic E-state index is 14.8. The maximum Gasteiger partial charge on any atom is 0.315 e. The van der Waals surface area contributed by atoms with E-state index >= 15 is 0 Å². The van der Waals surface area contributed by atoms with Crippen molar-refractivity contribution in [2.24, 2.45) is 38.7 Å². The average Bonchev–Trinajstić information content (AvgIpc) is 3.19. The number of fused-ring (bicyclic) bond motifs is 1. The molecule has 0 aromatic carbocycles. The number of likely N-dealkylation sites (tertiary alicyclic amines) is 1. The minimum atomic E-state index is -1.06. The second kappa shape index (κ2) is 13.7. The maximum absolute atomic E-state index is 14.8. The summed E-state index contributed by atoms with van der Waals surface area (Å²) in [4.78, 5) is 74.2. The fourth-order valence-corrected chi connectivity index (χ4v) is 9.77. The zero-order valence-electron chi connectivity index (χ0n) is 32.2. The predicted octanol–water partition coefficient (Wildman–Crippen LogP) is 2.89. The van der Waals surface area contributed by atoms with Crippen LogP contribution >= 0.6 is 0 Å². The monoisotopic (exact) mass is 700 g/mol. The van der Waals surface area contributed by atoms with Crippen LogP contribution in [0, 0.1) is 33.0 Å². The molecule has 282 valence electrons. The van der Waals surface area contributed by atoms with E-state index in [0.717, 1.165) is 64.7 Å². The van der Waals surface area contributed by atoms with Gasteiger partial charge < -0.3 is 31.5 Å². The lowest BCUT2D eigenvalue weighted by Crippen LogP contribution is -2.62. The van der Waals surface area contributed by atoms with Gasteiger partial charge in [-0.05, 0) is 60.3 Å². The number of likely N-dealkylation sites (N-methyl/N-ethyl adjacent to an activating group) is 1. The Morgan fingerprint density at radius 1 is 0.840 bits per heavy atom. The first kappa shape index (κ1) is 38.5. The zero-order chi connectivity index (χ0) is 37.0. The molecule has 0 aromatic rings. The molecule has 5 N–H and O–H groups in total. The zero-order valence-corrected chi connectivity index (χ0v) is 32.2. The summed E-state index contributed by atoms with van der Waals surface area (Å²) in [5, 5.41) is 9.16. The highest BCUT2D eigenvalue weighted by Gasteiger charge is 2.85. The molecule has 5 rings (SSSR count). The molecule has 5 aliphatic rings. The van der Waals surface area contributed by atoms with Gasteiger partial charge in [-0.3, -0.25) is 24.1 Å². The van der Waals surface area contributed by atoms with Crippen molar-refractivity contribution in [2.45, 2.75) is 131 Å². The Labute approximate surface area is 299 Å². The Balaban J connectivity index is 1.37. The Hall–Kier alpha value is -2.73. The second-order valence-corrected chi connectivity index (χ2v) is 19.1. The van der Waals surface area contributed by atoms with Crippen molar-refractivity contribution in [3.63, 3.8) is 0 Å². The summed E-state index contributed by atoms with van der Waals surface area (Å²) in [6, 6.07) is -3.32.